The highest BCUT2D eigenvalue weighted by Gasteiger charge is 2.21. The fraction of sp³-hybridized carbons (Fsp3) is 0.444. The van der Waals surface area contributed by atoms with Gasteiger partial charge in [-0.15, -0.1) is 0 Å². The number of carbonyl (C=O) groups excluding carboxylic acids is 1. The molecule has 0 N–H and O–H groups in total. The number of hydrogen-bond donors (Lipinski definition) is 0. The van der Waals surface area contributed by atoms with Crippen molar-refractivity contribution in [3.05, 3.63) is 48.3 Å². The zero-order valence-electron chi connectivity index (χ0n) is 14.1. The lowest BCUT2D eigenvalue weighted by Gasteiger charge is -2.21. The molecule has 6 nitrogen and oxygen atoms in total. The summed E-state index contributed by atoms with van der Waals surface area (Å²) in [5, 5.41) is 4.08. The van der Waals surface area contributed by atoms with E-state index in [-0.39, 0.29) is 5.91 Å². The van der Waals surface area contributed by atoms with Crippen molar-refractivity contribution < 1.29 is 9.53 Å². The van der Waals surface area contributed by atoms with Crippen LogP contribution in [-0.2, 0) is 7.05 Å². The van der Waals surface area contributed by atoms with Crippen molar-refractivity contribution in [3.8, 4) is 5.75 Å². The molecule has 128 valence electrons. The minimum absolute atomic E-state index is 0.0745. The molecule has 0 atom stereocenters. The third-order valence-electron chi connectivity index (χ3n) is 4.25. The number of carbonyl (C=O) groups is 1. The number of rotatable bonds is 5. The Labute approximate surface area is 142 Å². The van der Waals surface area contributed by atoms with E-state index in [1.54, 1.807) is 17.1 Å². The van der Waals surface area contributed by atoms with Crippen molar-refractivity contribution >= 4 is 5.91 Å². The minimum Gasteiger partial charge on any atom is -0.492 e. The Morgan fingerprint density at radius 1 is 1.17 bits per heavy atom. The van der Waals surface area contributed by atoms with E-state index in [4.69, 9.17) is 4.74 Å². The Hall–Kier alpha value is -2.34. The molecule has 24 heavy (non-hydrogen) atoms. The van der Waals surface area contributed by atoms with Gasteiger partial charge in [0.15, 0.2) is 0 Å². The molecule has 0 aliphatic carbocycles. The number of para-hydroxylation sites is 1. The summed E-state index contributed by atoms with van der Waals surface area (Å²) in [6.45, 7) is 4.96. The van der Waals surface area contributed by atoms with Crippen molar-refractivity contribution in [2.45, 2.75) is 6.42 Å². The molecule has 1 aromatic carbocycles. The predicted molar refractivity (Wildman–Crippen MR) is 92.1 cm³/mol. The van der Waals surface area contributed by atoms with Crippen molar-refractivity contribution in [1.82, 2.24) is 19.6 Å². The summed E-state index contributed by atoms with van der Waals surface area (Å²) < 4.78 is 7.43. The first kappa shape index (κ1) is 16.5. The predicted octanol–water partition coefficient (Wildman–Crippen LogP) is 1.65. The average Bonchev–Trinajstić information content (AvgIpc) is 2.90. The Kier molecular flexibility index (Phi) is 5.48. The number of aromatic nitrogens is 2. The third kappa shape index (κ3) is 4.35. The molecular formula is C18H24N4O2. The SMILES string of the molecule is Cn1cc(C(=O)N2CCCN(CCOc3ccccc3)CC2)cn1. The molecule has 6 heteroatoms. The van der Waals surface area contributed by atoms with Crippen LogP contribution < -0.4 is 4.74 Å². The van der Waals surface area contributed by atoms with E-state index >= 15 is 0 Å². The minimum atomic E-state index is 0.0745. The fourth-order valence-electron chi connectivity index (χ4n) is 2.92. The van der Waals surface area contributed by atoms with Crippen LogP contribution in [-0.4, -0.2) is 64.8 Å². The standard InChI is InChI=1S/C18H24N4O2/c1-20-15-16(14-19-20)18(23)22-9-5-8-21(10-11-22)12-13-24-17-6-3-2-4-7-17/h2-4,6-7,14-15H,5,8-13H2,1H3. The van der Waals surface area contributed by atoms with E-state index in [1.165, 1.54) is 0 Å². The number of hydrogen-bond acceptors (Lipinski definition) is 4. The van der Waals surface area contributed by atoms with Crippen molar-refractivity contribution in [1.29, 1.82) is 0 Å². The summed E-state index contributed by atoms with van der Waals surface area (Å²) in [5.74, 6) is 0.978. The molecule has 1 aliphatic heterocycles. The van der Waals surface area contributed by atoms with Crippen LogP contribution in [0.5, 0.6) is 5.75 Å². The number of ether oxygens (including phenoxy) is 1. The highest BCUT2D eigenvalue weighted by atomic mass is 16.5. The molecule has 1 aromatic heterocycles. The summed E-state index contributed by atoms with van der Waals surface area (Å²) >= 11 is 0. The van der Waals surface area contributed by atoms with E-state index in [0.29, 0.717) is 12.2 Å². The maximum atomic E-state index is 12.5. The zero-order chi connectivity index (χ0) is 16.8. The summed E-state index contributed by atoms with van der Waals surface area (Å²) in [6.07, 6.45) is 4.40. The lowest BCUT2D eigenvalue weighted by Crippen LogP contribution is -2.36. The monoisotopic (exact) mass is 328 g/mol. The van der Waals surface area contributed by atoms with Gasteiger partial charge in [0, 0.05) is 46.0 Å². The summed E-state index contributed by atoms with van der Waals surface area (Å²) in [6, 6.07) is 9.87. The van der Waals surface area contributed by atoms with Crippen LogP contribution in [0.4, 0.5) is 0 Å². The first-order valence-electron chi connectivity index (χ1n) is 8.40. The third-order valence-corrected chi connectivity index (χ3v) is 4.25. The van der Waals surface area contributed by atoms with Crippen LogP contribution in [0.25, 0.3) is 0 Å². The Balaban J connectivity index is 1.45. The van der Waals surface area contributed by atoms with Gasteiger partial charge in [-0.1, -0.05) is 18.2 Å². The molecule has 1 fully saturated rings. The van der Waals surface area contributed by atoms with E-state index in [2.05, 4.69) is 10.00 Å². The van der Waals surface area contributed by atoms with E-state index in [0.717, 1.165) is 44.9 Å². The van der Waals surface area contributed by atoms with Gasteiger partial charge in [0.05, 0.1) is 11.8 Å². The maximum absolute atomic E-state index is 12.5. The first-order chi connectivity index (χ1) is 11.7. The van der Waals surface area contributed by atoms with E-state index < -0.39 is 0 Å². The average molecular weight is 328 g/mol. The van der Waals surface area contributed by atoms with Crippen molar-refractivity contribution in [2.24, 2.45) is 7.05 Å². The zero-order valence-corrected chi connectivity index (χ0v) is 14.1. The van der Waals surface area contributed by atoms with E-state index in [9.17, 15) is 4.79 Å². The number of nitrogens with zero attached hydrogens (tertiary/aromatic N) is 4. The summed E-state index contributed by atoms with van der Waals surface area (Å²) in [5.41, 5.74) is 0.665. The quantitative estimate of drug-likeness (QED) is 0.837. The van der Waals surface area contributed by atoms with Gasteiger partial charge in [0.2, 0.25) is 0 Å². The van der Waals surface area contributed by atoms with Gasteiger partial charge in [0.25, 0.3) is 5.91 Å². The normalized spacial score (nSPS) is 16.0. The van der Waals surface area contributed by atoms with Crippen LogP contribution in [0.2, 0.25) is 0 Å². The summed E-state index contributed by atoms with van der Waals surface area (Å²) in [4.78, 5) is 16.8. The lowest BCUT2D eigenvalue weighted by molar-refractivity contribution is 0.0760. The van der Waals surface area contributed by atoms with Gasteiger partial charge < -0.3 is 9.64 Å². The Morgan fingerprint density at radius 2 is 2.00 bits per heavy atom. The second kappa shape index (κ2) is 7.97. The van der Waals surface area contributed by atoms with Gasteiger partial charge in [-0.25, -0.2) is 0 Å². The van der Waals surface area contributed by atoms with Crippen LogP contribution in [0.1, 0.15) is 16.8 Å². The largest absolute Gasteiger partial charge is 0.492 e. The van der Waals surface area contributed by atoms with E-state index in [1.807, 2.05) is 42.3 Å². The van der Waals surface area contributed by atoms with Gasteiger partial charge in [0.1, 0.15) is 12.4 Å². The molecule has 1 saturated heterocycles. The first-order valence-corrected chi connectivity index (χ1v) is 8.40. The number of amides is 1. The molecule has 0 unspecified atom stereocenters. The van der Waals surface area contributed by atoms with Gasteiger partial charge >= 0.3 is 0 Å². The Morgan fingerprint density at radius 3 is 2.75 bits per heavy atom. The van der Waals surface area contributed by atoms with Crippen LogP contribution in [0.15, 0.2) is 42.7 Å². The molecule has 2 aromatic rings. The lowest BCUT2D eigenvalue weighted by atomic mass is 10.3. The molecule has 1 aliphatic rings. The maximum Gasteiger partial charge on any atom is 0.257 e. The molecule has 0 radical (unpaired) electrons. The molecule has 0 spiro atoms. The van der Waals surface area contributed by atoms with Crippen molar-refractivity contribution in [3.63, 3.8) is 0 Å². The van der Waals surface area contributed by atoms with Crippen LogP contribution >= 0.6 is 0 Å². The van der Waals surface area contributed by atoms with Gasteiger partial charge in [-0.05, 0) is 18.6 Å². The highest BCUT2D eigenvalue weighted by Crippen LogP contribution is 2.10. The topological polar surface area (TPSA) is 50.6 Å². The molecular weight excluding hydrogens is 304 g/mol. The molecule has 0 saturated carbocycles. The molecule has 1 amide bonds. The summed E-state index contributed by atoms with van der Waals surface area (Å²) in [7, 11) is 1.83. The van der Waals surface area contributed by atoms with Gasteiger partial charge in [-0.2, -0.15) is 5.10 Å². The highest BCUT2D eigenvalue weighted by molar-refractivity contribution is 5.93. The van der Waals surface area contributed by atoms with Crippen LogP contribution in [0.3, 0.4) is 0 Å². The second-order valence-electron chi connectivity index (χ2n) is 6.05. The van der Waals surface area contributed by atoms with Crippen LogP contribution in [0, 0.1) is 0 Å². The van der Waals surface area contributed by atoms with Gasteiger partial charge in [-0.3, -0.25) is 14.4 Å². The Bertz CT molecular complexity index is 656. The second-order valence-corrected chi connectivity index (χ2v) is 6.05. The molecule has 2 heterocycles. The smallest absolute Gasteiger partial charge is 0.257 e. The fourth-order valence-corrected chi connectivity index (χ4v) is 2.92. The van der Waals surface area contributed by atoms with Crippen molar-refractivity contribution in [2.75, 3.05) is 39.3 Å². The molecule has 0 bridgehead atoms. The molecule has 3 rings (SSSR count). The number of aryl methyl sites for hydroxylation is 1. The number of benzene rings is 1.